The maximum absolute atomic E-state index is 6.07. The first-order chi connectivity index (χ1) is 7.27. The number of hydrogen-bond donors (Lipinski definition) is 1. The minimum atomic E-state index is 0.405. The lowest BCUT2D eigenvalue weighted by Crippen LogP contribution is -2.35. The van der Waals surface area contributed by atoms with Gasteiger partial charge in [-0.15, -0.1) is 0 Å². The van der Waals surface area contributed by atoms with Crippen molar-refractivity contribution in [2.75, 3.05) is 32.0 Å². The van der Waals surface area contributed by atoms with Crippen LogP contribution in [0.25, 0.3) is 0 Å². The molecule has 0 bridgehead atoms. The highest BCUT2D eigenvalue weighted by atomic mass is 35.5. The van der Waals surface area contributed by atoms with Crippen LogP contribution < -0.4 is 5.73 Å². The van der Waals surface area contributed by atoms with Crippen molar-refractivity contribution in [2.24, 2.45) is 0 Å². The molecular weight excluding hydrogens is 214 g/mol. The molecule has 1 aromatic rings. The number of hydrogen-bond acceptors (Lipinski definition) is 4. The lowest BCUT2D eigenvalue weighted by atomic mass is 10.2. The maximum Gasteiger partial charge on any atom is 0.142 e. The van der Waals surface area contributed by atoms with E-state index in [0.717, 1.165) is 38.4 Å². The van der Waals surface area contributed by atoms with Crippen LogP contribution in [0, 0.1) is 0 Å². The van der Waals surface area contributed by atoms with Crippen LogP contribution in [0.4, 0.5) is 5.82 Å². The number of pyridine rings is 1. The summed E-state index contributed by atoms with van der Waals surface area (Å²) in [6, 6.07) is 1.91. The Morgan fingerprint density at radius 2 is 2.20 bits per heavy atom. The predicted octanol–water partition coefficient (Wildman–Crippen LogP) is 1.15. The molecule has 4 nitrogen and oxygen atoms in total. The third-order valence-corrected chi connectivity index (χ3v) is 2.93. The third-order valence-electron chi connectivity index (χ3n) is 2.49. The van der Waals surface area contributed by atoms with Gasteiger partial charge in [-0.2, -0.15) is 0 Å². The number of morpholine rings is 1. The van der Waals surface area contributed by atoms with Gasteiger partial charge in [0.25, 0.3) is 0 Å². The zero-order valence-electron chi connectivity index (χ0n) is 8.45. The summed E-state index contributed by atoms with van der Waals surface area (Å²) in [4.78, 5) is 6.23. The van der Waals surface area contributed by atoms with E-state index in [1.165, 1.54) is 0 Å². The molecule has 5 heteroatoms. The number of halogens is 1. The van der Waals surface area contributed by atoms with Crippen LogP contribution in [-0.4, -0.2) is 36.2 Å². The largest absolute Gasteiger partial charge is 0.382 e. The van der Waals surface area contributed by atoms with Crippen LogP contribution in [0.15, 0.2) is 12.3 Å². The molecule has 1 saturated heterocycles. The van der Waals surface area contributed by atoms with Gasteiger partial charge in [0, 0.05) is 25.8 Å². The highest BCUT2D eigenvalue weighted by Crippen LogP contribution is 2.22. The second-order valence-corrected chi connectivity index (χ2v) is 3.94. The van der Waals surface area contributed by atoms with Crippen molar-refractivity contribution in [3.8, 4) is 0 Å². The summed E-state index contributed by atoms with van der Waals surface area (Å²) in [5.74, 6) is 0.405. The Kier molecular flexibility index (Phi) is 3.41. The Labute approximate surface area is 94.0 Å². The smallest absolute Gasteiger partial charge is 0.142 e. The van der Waals surface area contributed by atoms with E-state index in [-0.39, 0.29) is 0 Å². The molecule has 0 saturated carbocycles. The van der Waals surface area contributed by atoms with Gasteiger partial charge in [-0.3, -0.25) is 4.90 Å². The van der Waals surface area contributed by atoms with E-state index in [1.807, 2.05) is 6.07 Å². The highest BCUT2D eigenvalue weighted by Gasteiger charge is 2.13. The first-order valence-electron chi connectivity index (χ1n) is 4.96. The summed E-state index contributed by atoms with van der Waals surface area (Å²) in [5, 5.41) is 0.573. The summed E-state index contributed by atoms with van der Waals surface area (Å²) in [6.45, 7) is 4.28. The fourth-order valence-corrected chi connectivity index (χ4v) is 1.80. The maximum atomic E-state index is 6.07. The van der Waals surface area contributed by atoms with Gasteiger partial charge in [-0.05, 0) is 11.6 Å². The Hall–Kier alpha value is -0.840. The topological polar surface area (TPSA) is 51.4 Å². The molecule has 1 aliphatic heterocycles. The van der Waals surface area contributed by atoms with Crippen molar-refractivity contribution in [3.63, 3.8) is 0 Å². The van der Waals surface area contributed by atoms with E-state index >= 15 is 0 Å². The zero-order chi connectivity index (χ0) is 10.7. The minimum absolute atomic E-state index is 0.405. The van der Waals surface area contributed by atoms with Crippen LogP contribution in [0.5, 0.6) is 0 Å². The molecule has 15 heavy (non-hydrogen) atoms. The fourth-order valence-electron chi connectivity index (χ4n) is 1.62. The Morgan fingerprint density at radius 3 is 2.93 bits per heavy atom. The van der Waals surface area contributed by atoms with E-state index in [0.29, 0.717) is 10.8 Å². The molecule has 1 aromatic heterocycles. The van der Waals surface area contributed by atoms with Crippen LogP contribution in [-0.2, 0) is 11.3 Å². The summed E-state index contributed by atoms with van der Waals surface area (Å²) in [7, 11) is 0. The van der Waals surface area contributed by atoms with E-state index in [1.54, 1.807) is 6.20 Å². The summed E-state index contributed by atoms with van der Waals surface area (Å²) in [6.07, 6.45) is 1.69. The highest BCUT2D eigenvalue weighted by molar-refractivity contribution is 6.33. The summed E-state index contributed by atoms with van der Waals surface area (Å²) < 4.78 is 5.28. The normalized spacial score (nSPS) is 17.9. The molecule has 2 rings (SSSR count). The van der Waals surface area contributed by atoms with Gasteiger partial charge in [0.1, 0.15) is 5.82 Å². The molecule has 0 spiro atoms. The van der Waals surface area contributed by atoms with Crippen molar-refractivity contribution in [1.82, 2.24) is 9.88 Å². The minimum Gasteiger partial charge on any atom is -0.382 e. The quantitative estimate of drug-likeness (QED) is 0.824. The molecule has 1 fully saturated rings. The summed E-state index contributed by atoms with van der Waals surface area (Å²) >= 11 is 6.07. The Balaban J connectivity index is 2.06. The summed E-state index contributed by atoms with van der Waals surface area (Å²) in [5.41, 5.74) is 6.67. The number of aromatic nitrogens is 1. The average Bonchev–Trinajstić information content (AvgIpc) is 2.26. The SMILES string of the molecule is Nc1nccc(CN2CCOCC2)c1Cl. The zero-order valence-corrected chi connectivity index (χ0v) is 9.20. The Morgan fingerprint density at radius 1 is 1.47 bits per heavy atom. The van der Waals surface area contributed by atoms with E-state index in [2.05, 4.69) is 9.88 Å². The van der Waals surface area contributed by atoms with Crippen molar-refractivity contribution in [3.05, 3.63) is 22.8 Å². The monoisotopic (exact) mass is 227 g/mol. The lowest BCUT2D eigenvalue weighted by Gasteiger charge is -2.26. The number of anilines is 1. The van der Waals surface area contributed by atoms with Crippen molar-refractivity contribution < 1.29 is 4.74 Å². The molecule has 0 aliphatic carbocycles. The van der Waals surface area contributed by atoms with Gasteiger partial charge in [-0.1, -0.05) is 11.6 Å². The molecule has 82 valence electrons. The van der Waals surface area contributed by atoms with Crippen molar-refractivity contribution in [2.45, 2.75) is 6.54 Å². The molecule has 0 atom stereocenters. The van der Waals surface area contributed by atoms with Crippen molar-refractivity contribution in [1.29, 1.82) is 0 Å². The third kappa shape index (κ3) is 2.59. The number of nitrogens with two attached hydrogens (primary N) is 1. The molecule has 1 aliphatic rings. The van der Waals surface area contributed by atoms with E-state index in [4.69, 9.17) is 22.1 Å². The molecular formula is C10H14ClN3O. The van der Waals surface area contributed by atoms with E-state index in [9.17, 15) is 0 Å². The van der Waals surface area contributed by atoms with Gasteiger partial charge in [-0.25, -0.2) is 4.98 Å². The van der Waals surface area contributed by atoms with Crippen LogP contribution in [0.3, 0.4) is 0 Å². The number of nitrogen functional groups attached to an aromatic ring is 1. The van der Waals surface area contributed by atoms with Gasteiger partial charge >= 0.3 is 0 Å². The molecule has 0 amide bonds. The lowest BCUT2D eigenvalue weighted by molar-refractivity contribution is 0.0342. The molecule has 0 radical (unpaired) electrons. The molecule has 0 unspecified atom stereocenters. The second-order valence-electron chi connectivity index (χ2n) is 3.56. The first kappa shape index (κ1) is 10.7. The van der Waals surface area contributed by atoms with Gasteiger partial charge in [0.05, 0.1) is 18.2 Å². The standard InChI is InChI=1S/C10H14ClN3O/c11-9-8(1-2-13-10(9)12)7-14-3-5-15-6-4-14/h1-2H,3-7H2,(H2,12,13). The fraction of sp³-hybridized carbons (Fsp3) is 0.500. The number of nitrogens with zero attached hydrogens (tertiary/aromatic N) is 2. The van der Waals surface area contributed by atoms with Gasteiger partial charge in [0.2, 0.25) is 0 Å². The van der Waals surface area contributed by atoms with Gasteiger partial charge < -0.3 is 10.5 Å². The predicted molar refractivity (Wildman–Crippen MR) is 59.8 cm³/mol. The molecule has 2 heterocycles. The van der Waals surface area contributed by atoms with Crippen molar-refractivity contribution >= 4 is 17.4 Å². The molecule has 0 aromatic carbocycles. The van der Waals surface area contributed by atoms with Crippen LogP contribution >= 0.6 is 11.6 Å². The second kappa shape index (κ2) is 4.79. The van der Waals surface area contributed by atoms with Gasteiger partial charge in [0.15, 0.2) is 0 Å². The molecule has 2 N–H and O–H groups in total. The van der Waals surface area contributed by atoms with Crippen LogP contribution in [0.1, 0.15) is 5.56 Å². The number of rotatable bonds is 2. The van der Waals surface area contributed by atoms with Crippen LogP contribution in [0.2, 0.25) is 5.02 Å². The Bertz CT molecular complexity index is 339. The van der Waals surface area contributed by atoms with E-state index < -0.39 is 0 Å². The first-order valence-corrected chi connectivity index (χ1v) is 5.34. The average molecular weight is 228 g/mol. The number of ether oxygens (including phenoxy) is 1.